The summed E-state index contributed by atoms with van der Waals surface area (Å²) in [5, 5.41) is 0. The molecular formula is C12H20O6. The number of carbonyl (C=O) groups is 3. The van der Waals surface area contributed by atoms with E-state index in [0.717, 1.165) is 0 Å². The summed E-state index contributed by atoms with van der Waals surface area (Å²) in [6.07, 6.45) is 1.83. The summed E-state index contributed by atoms with van der Waals surface area (Å²) in [6.45, 7) is 1.66. The van der Waals surface area contributed by atoms with Crippen LogP contribution >= 0.6 is 0 Å². The van der Waals surface area contributed by atoms with Gasteiger partial charge in [0.15, 0.2) is 0 Å². The van der Waals surface area contributed by atoms with Crippen molar-refractivity contribution in [3.8, 4) is 0 Å². The molecule has 0 aromatic carbocycles. The highest BCUT2D eigenvalue weighted by Gasteiger charge is 2.22. The molecule has 104 valence electrons. The third-order valence-corrected chi connectivity index (χ3v) is 2.43. The molecule has 0 heterocycles. The summed E-state index contributed by atoms with van der Waals surface area (Å²) in [5.41, 5.74) is 0. The normalized spacial score (nSPS) is 11.5. The summed E-state index contributed by atoms with van der Waals surface area (Å²) in [5.74, 6) is -1.69. The van der Waals surface area contributed by atoms with Crippen LogP contribution in [0.4, 0.5) is 0 Å². The molecule has 0 aromatic rings. The molecule has 0 amide bonds. The molecular weight excluding hydrogens is 240 g/mol. The number of rotatable bonds is 8. The molecule has 0 aliphatic rings. The minimum absolute atomic E-state index is 0.0107. The van der Waals surface area contributed by atoms with Crippen molar-refractivity contribution in [2.45, 2.75) is 32.6 Å². The predicted molar refractivity (Wildman–Crippen MR) is 62.6 cm³/mol. The topological polar surface area (TPSA) is 78.9 Å². The molecule has 0 spiro atoms. The van der Waals surface area contributed by atoms with Gasteiger partial charge in [0, 0.05) is 6.92 Å². The van der Waals surface area contributed by atoms with Gasteiger partial charge in [-0.2, -0.15) is 0 Å². The summed E-state index contributed by atoms with van der Waals surface area (Å²) in [6, 6.07) is 0. The molecule has 0 radical (unpaired) electrons. The third kappa shape index (κ3) is 7.65. The van der Waals surface area contributed by atoms with Crippen molar-refractivity contribution >= 4 is 17.9 Å². The van der Waals surface area contributed by atoms with Crippen molar-refractivity contribution in [3.05, 3.63) is 0 Å². The number of carbonyl (C=O) groups excluding carboxylic acids is 3. The zero-order valence-electron chi connectivity index (χ0n) is 11.1. The molecule has 0 fully saturated rings. The lowest BCUT2D eigenvalue weighted by Gasteiger charge is -2.13. The third-order valence-electron chi connectivity index (χ3n) is 2.43. The Morgan fingerprint density at radius 1 is 1.06 bits per heavy atom. The summed E-state index contributed by atoms with van der Waals surface area (Å²) >= 11 is 0. The molecule has 6 nitrogen and oxygen atoms in total. The van der Waals surface area contributed by atoms with Crippen LogP contribution in [0.15, 0.2) is 0 Å². The first kappa shape index (κ1) is 16.4. The van der Waals surface area contributed by atoms with Crippen molar-refractivity contribution < 1.29 is 28.6 Å². The molecule has 0 saturated carbocycles. The molecule has 6 heteroatoms. The highest BCUT2D eigenvalue weighted by atomic mass is 16.5. The standard InChI is InChI=1S/C12H20O6/c1-9(13)18-7-5-4-6-10(12(15)17-3)8-11(14)16-2/h10H,4-8H2,1-3H3. The van der Waals surface area contributed by atoms with Gasteiger partial charge in [0.2, 0.25) is 0 Å². The van der Waals surface area contributed by atoms with Crippen LogP contribution in [-0.2, 0) is 28.6 Å². The first-order chi connectivity index (χ1) is 8.51. The molecule has 0 saturated heterocycles. The van der Waals surface area contributed by atoms with E-state index in [4.69, 9.17) is 4.74 Å². The van der Waals surface area contributed by atoms with Crippen LogP contribution in [0.1, 0.15) is 32.6 Å². The summed E-state index contributed by atoms with van der Waals surface area (Å²) < 4.78 is 13.9. The van der Waals surface area contributed by atoms with E-state index in [1.165, 1.54) is 21.1 Å². The highest BCUT2D eigenvalue weighted by molar-refractivity contribution is 5.79. The number of unbranched alkanes of at least 4 members (excludes halogenated alkanes) is 1. The van der Waals surface area contributed by atoms with Gasteiger partial charge in [0.25, 0.3) is 0 Å². The van der Waals surface area contributed by atoms with Crippen molar-refractivity contribution in [2.75, 3.05) is 20.8 Å². The minimum atomic E-state index is -0.500. The molecule has 0 bridgehead atoms. The molecule has 0 aliphatic heterocycles. The number of ether oxygens (including phenoxy) is 3. The fraction of sp³-hybridized carbons (Fsp3) is 0.750. The Bertz CT molecular complexity index is 286. The van der Waals surface area contributed by atoms with Crippen LogP contribution in [0.2, 0.25) is 0 Å². The quantitative estimate of drug-likeness (QED) is 0.369. The first-order valence-corrected chi connectivity index (χ1v) is 5.79. The maximum absolute atomic E-state index is 11.4. The minimum Gasteiger partial charge on any atom is -0.469 e. The second-order valence-electron chi connectivity index (χ2n) is 3.84. The van der Waals surface area contributed by atoms with E-state index < -0.39 is 17.9 Å². The predicted octanol–water partition coefficient (Wildman–Crippen LogP) is 1.07. The van der Waals surface area contributed by atoms with Gasteiger partial charge in [-0.3, -0.25) is 14.4 Å². The van der Waals surface area contributed by atoms with Gasteiger partial charge in [-0.05, 0) is 19.3 Å². The van der Waals surface area contributed by atoms with E-state index in [0.29, 0.717) is 25.9 Å². The van der Waals surface area contributed by atoms with Gasteiger partial charge >= 0.3 is 17.9 Å². The van der Waals surface area contributed by atoms with Crippen molar-refractivity contribution in [3.63, 3.8) is 0 Å². The van der Waals surface area contributed by atoms with E-state index in [9.17, 15) is 14.4 Å². The Balaban J connectivity index is 3.97. The van der Waals surface area contributed by atoms with Gasteiger partial charge in [0.05, 0.1) is 33.2 Å². The number of hydrogen-bond acceptors (Lipinski definition) is 6. The van der Waals surface area contributed by atoms with Crippen molar-refractivity contribution in [1.29, 1.82) is 0 Å². The van der Waals surface area contributed by atoms with E-state index in [2.05, 4.69) is 9.47 Å². The lowest BCUT2D eigenvalue weighted by atomic mass is 9.98. The molecule has 0 N–H and O–H groups in total. The van der Waals surface area contributed by atoms with Crippen LogP contribution in [0.5, 0.6) is 0 Å². The van der Waals surface area contributed by atoms with Gasteiger partial charge in [-0.15, -0.1) is 0 Å². The average Bonchev–Trinajstić information content (AvgIpc) is 2.35. The number of esters is 3. The van der Waals surface area contributed by atoms with Crippen LogP contribution < -0.4 is 0 Å². The molecule has 0 rings (SSSR count). The zero-order chi connectivity index (χ0) is 14.0. The summed E-state index contributed by atoms with van der Waals surface area (Å²) in [4.78, 5) is 33.1. The summed E-state index contributed by atoms with van der Waals surface area (Å²) in [7, 11) is 2.56. The number of methoxy groups -OCH3 is 2. The largest absolute Gasteiger partial charge is 0.469 e. The Kier molecular flexibility index (Phi) is 8.61. The van der Waals surface area contributed by atoms with Crippen LogP contribution in [0, 0.1) is 5.92 Å². The highest BCUT2D eigenvalue weighted by Crippen LogP contribution is 2.15. The van der Waals surface area contributed by atoms with Gasteiger partial charge in [0.1, 0.15) is 0 Å². The van der Waals surface area contributed by atoms with Crippen molar-refractivity contribution in [1.82, 2.24) is 0 Å². The second kappa shape index (κ2) is 9.44. The Morgan fingerprint density at radius 3 is 2.22 bits per heavy atom. The van der Waals surface area contributed by atoms with E-state index in [1.807, 2.05) is 0 Å². The van der Waals surface area contributed by atoms with Crippen LogP contribution in [-0.4, -0.2) is 38.7 Å². The Morgan fingerprint density at radius 2 is 1.72 bits per heavy atom. The fourth-order valence-corrected chi connectivity index (χ4v) is 1.46. The van der Waals surface area contributed by atoms with Crippen LogP contribution in [0.3, 0.4) is 0 Å². The SMILES string of the molecule is COC(=O)CC(CCCCOC(C)=O)C(=O)OC. The van der Waals surface area contributed by atoms with Gasteiger partial charge < -0.3 is 14.2 Å². The van der Waals surface area contributed by atoms with Gasteiger partial charge in [-0.25, -0.2) is 0 Å². The second-order valence-corrected chi connectivity index (χ2v) is 3.84. The number of hydrogen-bond donors (Lipinski definition) is 0. The molecule has 1 unspecified atom stereocenters. The monoisotopic (exact) mass is 260 g/mol. The first-order valence-electron chi connectivity index (χ1n) is 5.79. The average molecular weight is 260 g/mol. The Labute approximate surface area is 107 Å². The lowest BCUT2D eigenvalue weighted by Crippen LogP contribution is -2.20. The maximum atomic E-state index is 11.4. The van der Waals surface area contributed by atoms with Crippen LogP contribution in [0.25, 0.3) is 0 Å². The van der Waals surface area contributed by atoms with E-state index in [1.54, 1.807) is 0 Å². The molecule has 0 aliphatic carbocycles. The molecule has 1 atom stereocenters. The van der Waals surface area contributed by atoms with E-state index >= 15 is 0 Å². The Hall–Kier alpha value is -1.59. The lowest BCUT2D eigenvalue weighted by molar-refractivity contribution is -0.152. The fourth-order valence-electron chi connectivity index (χ4n) is 1.46. The molecule has 0 aromatic heterocycles. The van der Waals surface area contributed by atoms with Crippen molar-refractivity contribution in [2.24, 2.45) is 5.92 Å². The van der Waals surface area contributed by atoms with E-state index in [-0.39, 0.29) is 12.4 Å². The zero-order valence-corrected chi connectivity index (χ0v) is 11.1. The maximum Gasteiger partial charge on any atom is 0.309 e. The molecule has 18 heavy (non-hydrogen) atoms. The van der Waals surface area contributed by atoms with Gasteiger partial charge in [-0.1, -0.05) is 0 Å². The smallest absolute Gasteiger partial charge is 0.309 e.